The van der Waals surface area contributed by atoms with Crippen LogP contribution in [0.2, 0.25) is 0 Å². The molecule has 25 heavy (non-hydrogen) atoms. The fourth-order valence-electron chi connectivity index (χ4n) is 2.76. The van der Waals surface area contributed by atoms with Crippen LogP contribution < -0.4 is 9.47 Å². The monoisotopic (exact) mass is 362 g/mol. The molecule has 0 amide bonds. The zero-order chi connectivity index (χ0) is 18.4. The fourth-order valence-corrected chi connectivity index (χ4v) is 3.51. The van der Waals surface area contributed by atoms with Crippen LogP contribution in [0.1, 0.15) is 12.0 Å². The van der Waals surface area contributed by atoms with Crippen molar-refractivity contribution in [1.82, 2.24) is 0 Å². The van der Waals surface area contributed by atoms with Gasteiger partial charge in [-0.2, -0.15) is 0 Å². The molecule has 0 fully saturated rings. The van der Waals surface area contributed by atoms with E-state index in [4.69, 9.17) is 14.2 Å². The van der Waals surface area contributed by atoms with Gasteiger partial charge in [0, 0.05) is 35.4 Å². The second-order valence-corrected chi connectivity index (χ2v) is 6.09. The SMILES string of the molecule is COCC/C(=C/c1c(SC)c(OC)c2ccccc2c1OC)C(=O)O. The van der Waals surface area contributed by atoms with Gasteiger partial charge in [0.1, 0.15) is 11.5 Å². The largest absolute Gasteiger partial charge is 0.495 e. The topological polar surface area (TPSA) is 65.0 Å². The molecule has 0 aromatic heterocycles. The van der Waals surface area contributed by atoms with Crippen LogP contribution in [0.3, 0.4) is 0 Å². The maximum Gasteiger partial charge on any atom is 0.331 e. The number of methoxy groups -OCH3 is 3. The highest BCUT2D eigenvalue weighted by molar-refractivity contribution is 7.98. The van der Waals surface area contributed by atoms with Crippen molar-refractivity contribution < 1.29 is 24.1 Å². The van der Waals surface area contributed by atoms with Gasteiger partial charge >= 0.3 is 5.97 Å². The van der Waals surface area contributed by atoms with Gasteiger partial charge in [0.15, 0.2) is 0 Å². The fraction of sp³-hybridized carbons (Fsp3) is 0.316. The lowest BCUT2D eigenvalue weighted by Gasteiger charge is -2.18. The molecule has 0 atom stereocenters. The van der Waals surface area contributed by atoms with E-state index in [1.54, 1.807) is 27.4 Å². The molecule has 5 nitrogen and oxygen atoms in total. The number of ether oxygens (including phenoxy) is 3. The van der Waals surface area contributed by atoms with E-state index >= 15 is 0 Å². The summed E-state index contributed by atoms with van der Waals surface area (Å²) in [6.07, 6.45) is 3.89. The van der Waals surface area contributed by atoms with Crippen LogP contribution in [0.5, 0.6) is 11.5 Å². The summed E-state index contributed by atoms with van der Waals surface area (Å²) in [5.74, 6) is 0.377. The zero-order valence-corrected chi connectivity index (χ0v) is 15.6. The lowest BCUT2D eigenvalue weighted by Crippen LogP contribution is -2.05. The van der Waals surface area contributed by atoms with E-state index < -0.39 is 5.97 Å². The van der Waals surface area contributed by atoms with Crippen LogP contribution in [0.25, 0.3) is 16.8 Å². The summed E-state index contributed by atoms with van der Waals surface area (Å²) in [5.41, 5.74) is 0.965. The highest BCUT2D eigenvalue weighted by atomic mass is 32.2. The number of aliphatic carboxylic acids is 1. The first-order chi connectivity index (χ1) is 12.1. The van der Waals surface area contributed by atoms with Crippen molar-refractivity contribution in [1.29, 1.82) is 0 Å². The Bertz CT molecular complexity index is 798. The van der Waals surface area contributed by atoms with Gasteiger partial charge in [-0.15, -0.1) is 11.8 Å². The molecule has 2 aromatic carbocycles. The number of carboxylic acid groups (broad SMARTS) is 1. The maximum absolute atomic E-state index is 11.6. The molecule has 134 valence electrons. The van der Waals surface area contributed by atoms with E-state index in [0.717, 1.165) is 15.7 Å². The Balaban J connectivity index is 2.82. The molecule has 0 aliphatic heterocycles. The Morgan fingerprint density at radius 2 is 1.72 bits per heavy atom. The third-order valence-electron chi connectivity index (χ3n) is 3.89. The van der Waals surface area contributed by atoms with Gasteiger partial charge in [-0.25, -0.2) is 4.79 Å². The van der Waals surface area contributed by atoms with Crippen LogP contribution >= 0.6 is 11.8 Å². The van der Waals surface area contributed by atoms with E-state index in [1.165, 1.54) is 11.8 Å². The van der Waals surface area contributed by atoms with E-state index in [2.05, 4.69) is 0 Å². The Morgan fingerprint density at radius 1 is 1.12 bits per heavy atom. The summed E-state index contributed by atoms with van der Waals surface area (Å²) in [5, 5.41) is 11.3. The summed E-state index contributed by atoms with van der Waals surface area (Å²) >= 11 is 1.49. The van der Waals surface area contributed by atoms with Crippen molar-refractivity contribution in [2.75, 3.05) is 34.2 Å². The molecule has 6 heteroatoms. The first-order valence-corrected chi connectivity index (χ1v) is 8.94. The van der Waals surface area contributed by atoms with Gasteiger partial charge in [0.05, 0.1) is 25.7 Å². The molecular weight excluding hydrogens is 340 g/mol. The number of benzene rings is 2. The van der Waals surface area contributed by atoms with Crippen LogP contribution in [-0.2, 0) is 9.53 Å². The molecule has 0 bridgehead atoms. The number of carboxylic acids is 1. The van der Waals surface area contributed by atoms with E-state index in [0.29, 0.717) is 30.1 Å². The zero-order valence-electron chi connectivity index (χ0n) is 14.8. The Hall–Kier alpha value is -2.18. The minimum Gasteiger partial charge on any atom is -0.495 e. The highest BCUT2D eigenvalue weighted by Crippen LogP contribution is 2.45. The van der Waals surface area contributed by atoms with Crippen LogP contribution in [0.15, 0.2) is 34.7 Å². The van der Waals surface area contributed by atoms with Crippen molar-refractivity contribution in [3.63, 3.8) is 0 Å². The molecule has 2 rings (SSSR count). The lowest BCUT2D eigenvalue weighted by molar-refractivity contribution is -0.132. The lowest BCUT2D eigenvalue weighted by atomic mass is 10.0. The molecule has 2 aromatic rings. The average molecular weight is 362 g/mol. The van der Waals surface area contributed by atoms with Crippen molar-refractivity contribution in [3.8, 4) is 11.5 Å². The average Bonchev–Trinajstić information content (AvgIpc) is 2.63. The summed E-state index contributed by atoms with van der Waals surface area (Å²) in [6, 6.07) is 7.76. The molecule has 0 spiro atoms. The van der Waals surface area contributed by atoms with Crippen molar-refractivity contribution in [2.24, 2.45) is 0 Å². The standard InChI is InChI=1S/C19H22O5S/c1-22-10-9-12(19(20)21)11-15-16(23-2)13-7-5-6-8-14(13)17(24-3)18(15)25-4/h5-8,11H,9-10H2,1-4H3,(H,20,21)/b12-11-. The van der Waals surface area contributed by atoms with Gasteiger partial charge in [0.25, 0.3) is 0 Å². The van der Waals surface area contributed by atoms with E-state index in [-0.39, 0.29) is 5.57 Å². The third kappa shape index (κ3) is 3.91. The Labute approximate surface area is 151 Å². The number of rotatable bonds is 8. The number of carbonyl (C=O) groups is 1. The molecule has 0 saturated carbocycles. The molecular formula is C19H22O5S. The number of fused-ring (bicyclic) bond motifs is 1. The first-order valence-electron chi connectivity index (χ1n) is 7.72. The van der Waals surface area contributed by atoms with Crippen molar-refractivity contribution in [2.45, 2.75) is 11.3 Å². The minimum atomic E-state index is -0.974. The van der Waals surface area contributed by atoms with Gasteiger partial charge < -0.3 is 19.3 Å². The van der Waals surface area contributed by atoms with Gasteiger partial charge in [-0.1, -0.05) is 24.3 Å². The second-order valence-electron chi connectivity index (χ2n) is 5.28. The Morgan fingerprint density at radius 3 is 2.20 bits per heavy atom. The van der Waals surface area contributed by atoms with Crippen LogP contribution in [-0.4, -0.2) is 45.3 Å². The molecule has 0 radical (unpaired) electrons. The normalized spacial score (nSPS) is 11.6. The predicted molar refractivity (Wildman–Crippen MR) is 101 cm³/mol. The second kappa shape index (κ2) is 8.78. The molecule has 0 heterocycles. The van der Waals surface area contributed by atoms with Gasteiger partial charge in [-0.05, 0) is 12.3 Å². The third-order valence-corrected chi connectivity index (χ3v) is 4.71. The van der Waals surface area contributed by atoms with Gasteiger partial charge in [-0.3, -0.25) is 0 Å². The van der Waals surface area contributed by atoms with Crippen LogP contribution in [0.4, 0.5) is 0 Å². The van der Waals surface area contributed by atoms with Gasteiger partial charge in [0.2, 0.25) is 0 Å². The summed E-state index contributed by atoms with van der Waals surface area (Å²) in [7, 11) is 4.75. The van der Waals surface area contributed by atoms with Crippen LogP contribution in [0, 0.1) is 0 Å². The van der Waals surface area contributed by atoms with Crippen molar-refractivity contribution in [3.05, 3.63) is 35.4 Å². The van der Waals surface area contributed by atoms with E-state index in [9.17, 15) is 9.90 Å². The highest BCUT2D eigenvalue weighted by Gasteiger charge is 2.20. The number of hydrogen-bond donors (Lipinski definition) is 1. The number of thioether (sulfide) groups is 1. The quantitative estimate of drug-likeness (QED) is 0.564. The maximum atomic E-state index is 11.6. The molecule has 0 unspecified atom stereocenters. The minimum absolute atomic E-state index is 0.257. The molecule has 0 aliphatic rings. The summed E-state index contributed by atoms with van der Waals surface area (Å²) in [4.78, 5) is 12.5. The molecule has 0 aliphatic carbocycles. The number of hydrogen-bond acceptors (Lipinski definition) is 5. The molecule has 1 N–H and O–H groups in total. The predicted octanol–water partition coefficient (Wildman–Crippen LogP) is 4.08. The summed E-state index contributed by atoms with van der Waals surface area (Å²) in [6.45, 7) is 0.333. The summed E-state index contributed by atoms with van der Waals surface area (Å²) < 4.78 is 16.3. The van der Waals surface area contributed by atoms with E-state index in [1.807, 2.05) is 30.5 Å². The molecule has 0 saturated heterocycles. The smallest absolute Gasteiger partial charge is 0.331 e. The Kier molecular flexibility index (Phi) is 6.73. The van der Waals surface area contributed by atoms with Crippen molar-refractivity contribution >= 4 is 34.6 Å². The first kappa shape index (κ1) is 19.1.